The molecule has 0 aliphatic rings. The zero-order valence-corrected chi connectivity index (χ0v) is 14.4. The van der Waals surface area contributed by atoms with Crippen LogP contribution in [0.1, 0.15) is 33.9 Å². The second-order valence-electron chi connectivity index (χ2n) is 5.05. The van der Waals surface area contributed by atoms with E-state index in [1.54, 1.807) is 17.4 Å². The van der Waals surface area contributed by atoms with Crippen LogP contribution in [0.4, 0.5) is 4.39 Å². The normalized spacial score (nSPS) is 12.3. The minimum Gasteiger partial charge on any atom is -0.494 e. The van der Waals surface area contributed by atoms with E-state index in [2.05, 4.69) is 5.32 Å². The zero-order chi connectivity index (χ0) is 16.4. The fourth-order valence-corrected chi connectivity index (χ4v) is 4.40. The van der Waals surface area contributed by atoms with Crippen LogP contribution in [-0.2, 0) is 0 Å². The van der Waals surface area contributed by atoms with Crippen molar-refractivity contribution in [3.63, 3.8) is 0 Å². The van der Waals surface area contributed by atoms with Crippen molar-refractivity contribution in [3.05, 3.63) is 51.3 Å². The number of thiophene rings is 2. The first-order valence-corrected chi connectivity index (χ1v) is 8.94. The predicted molar refractivity (Wildman–Crippen MR) is 93.2 cm³/mol. The van der Waals surface area contributed by atoms with Gasteiger partial charge in [0.1, 0.15) is 16.4 Å². The molecular formula is C17H16FNO2S2. The van der Waals surface area contributed by atoms with Gasteiger partial charge in [0.05, 0.1) is 13.2 Å². The smallest absolute Gasteiger partial charge is 0.265 e. The second-order valence-corrected chi connectivity index (χ2v) is 7.09. The van der Waals surface area contributed by atoms with E-state index < -0.39 is 0 Å². The fourth-order valence-electron chi connectivity index (χ4n) is 2.49. The van der Waals surface area contributed by atoms with Crippen LogP contribution >= 0.6 is 22.7 Å². The van der Waals surface area contributed by atoms with E-state index >= 15 is 0 Å². The molecule has 0 bridgehead atoms. The lowest BCUT2D eigenvalue weighted by Crippen LogP contribution is -2.27. The summed E-state index contributed by atoms with van der Waals surface area (Å²) in [5, 5.41) is 5.67. The monoisotopic (exact) mass is 349 g/mol. The molecule has 23 heavy (non-hydrogen) atoms. The number of carbonyl (C=O) groups excluding carboxylic acids is 1. The van der Waals surface area contributed by atoms with Gasteiger partial charge in [0, 0.05) is 15.0 Å². The Morgan fingerprint density at radius 1 is 1.39 bits per heavy atom. The summed E-state index contributed by atoms with van der Waals surface area (Å²) in [6, 6.07) is 8.41. The van der Waals surface area contributed by atoms with Crippen LogP contribution in [0.2, 0.25) is 0 Å². The van der Waals surface area contributed by atoms with Crippen LogP contribution in [0.3, 0.4) is 0 Å². The molecule has 6 heteroatoms. The van der Waals surface area contributed by atoms with E-state index in [1.807, 2.05) is 24.4 Å². The number of methoxy groups -OCH3 is 1. The summed E-state index contributed by atoms with van der Waals surface area (Å²) in [5.41, 5.74) is 0. The quantitative estimate of drug-likeness (QED) is 0.704. The maximum Gasteiger partial charge on any atom is 0.265 e. The van der Waals surface area contributed by atoms with Crippen LogP contribution in [0, 0.1) is 5.82 Å². The number of hydrogen-bond acceptors (Lipinski definition) is 4. The van der Waals surface area contributed by atoms with E-state index in [0.717, 1.165) is 16.0 Å². The van der Waals surface area contributed by atoms with Crippen molar-refractivity contribution < 1.29 is 13.9 Å². The molecule has 0 fully saturated rings. The molecule has 0 aliphatic heterocycles. The maximum absolute atomic E-state index is 13.5. The highest BCUT2D eigenvalue weighted by Gasteiger charge is 2.22. The highest BCUT2D eigenvalue weighted by atomic mass is 32.1. The molecule has 1 amide bonds. The molecule has 0 aliphatic carbocycles. The minimum absolute atomic E-state index is 0.0332. The third-order valence-electron chi connectivity index (χ3n) is 3.62. The van der Waals surface area contributed by atoms with E-state index in [4.69, 9.17) is 4.74 Å². The number of hydrogen-bond donors (Lipinski definition) is 1. The molecule has 0 saturated carbocycles. The van der Waals surface area contributed by atoms with Crippen LogP contribution < -0.4 is 10.1 Å². The molecule has 3 aromatic rings. The molecule has 0 saturated heterocycles. The van der Waals surface area contributed by atoms with Crippen molar-refractivity contribution >= 4 is 38.7 Å². The molecule has 3 nitrogen and oxygen atoms in total. The summed E-state index contributed by atoms with van der Waals surface area (Å²) in [6.07, 6.45) is 0.800. The third kappa shape index (κ3) is 3.09. The topological polar surface area (TPSA) is 38.3 Å². The first kappa shape index (κ1) is 16.0. The Kier molecular flexibility index (Phi) is 4.63. The molecule has 1 aromatic carbocycles. The van der Waals surface area contributed by atoms with Crippen LogP contribution in [0.5, 0.6) is 5.75 Å². The second kappa shape index (κ2) is 6.68. The molecule has 2 aromatic heterocycles. The maximum atomic E-state index is 13.5. The third-order valence-corrected chi connectivity index (χ3v) is 5.75. The summed E-state index contributed by atoms with van der Waals surface area (Å²) in [7, 11) is 1.50. The fraction of sp³-hybridized carbons (Fsp3) is 0.235. The van der Waals surface area contributed by atoms with Gasteiger partial charge in [-0.15, -0.1) is 22.7 Å². The van der Waals surface area contributed by atoms with Crippen molar-refractivity contribution in [1.29, 1.82) is 0 Å². The molecule has 1 atom stereocenters. The van der Waals surface area contributed by atoms with Crippen molar-refractivity contribution in [2.45, 2.75) is 19.4 Å². The minimum atomic E-state index is -0.342. The first-order valence-electron chi connectivity index (χ1n) is 7.24. The molecule has 2 heterocycles. The Morgan fingerprint density at radius 3 is 2.87 bits per heavy atom. The highest BCUT2D eigenvalue weighted by Crippen LogP contribution is 2.38. The van der Waals surface area contributed by atoms with Crippen molar-refractivity contribution in [1.82, 2.24) is 5.32 Å². The number of fused-ring (bicyclic) bond motifs is 1. The molecule has 0 spiro atoms. The van der Waals surface area contributed by atoms with Gasteiger partial charge in [-0.05, 0) is 36.1 Å². The summed E-state index contributed by atoms with van der Waals surface area (Å²) >= 11 is 2.93. The van der Waals surface area contributed by atoms with Crippen LogP contribution in [0.25, 0.3) is 10.1 Å². The summed E-state index contributed by atoms with van der Waals surface area (Å²) in [4.78, 5) is 14.3. The van der Waals surface area contributed by atoms with Gasteiger partial charge in [-0.3, -0.25) is 4.79 Å². The van der Waals surface area contributed by atoms with Gasteiger partial charge in [-0.25, -0.2) is 4.39 Å². The van der Waals surface area contributed by atoms with E-state index in [1.165, 1.54) is 30.6 Å². The number of ether oxygens (including phenoxy) is 1. The lowest BCUT2D eigenvalue weighted by Gasteiger charge is -2.15. The van der Waals surface area contributed by atoms with Gasteiger partial charge >= 0.3 is 0 Å². The lowest BCUT2D eigenvalue weighted by atomic mass is 10.2. The molecular weight excluding hydrogens is 333 g/mol. The van der Waals surface area contributed by atoms with Gasteiger partial charge in [0.25, 0.3) is 5.91 Å². The molecule has 3 rings (SSSR count). The Bertz CT molecular complexity index is 827. The summed E-state index contributed by atoms with van der Waals surface area (Å²) in [6.45, 7) is 2.03. The Hall–Kier alpha value is -1.92. The summed E-state index contributed by atoms with van der Waals surface area (Å²) in [5.74, 6) is -0.0997. The number of benzene rings is 1. The first-order chi connectivity index (χ1) is 11.1. The molecule has 120 valence electrons. The van der Waals surface area contributed by atoms with Crippen molar-refractivity contribution in [2.24, 2.45) is 0 Å². The number of halogens is 1. The highest BCUT2D eigenvalue weighted by molar-refractivity contribution is 7.21. The Balaban J connectivity index is 1.94. The number of carbonyl (C=O) groups is 1. The number of nitrogens with one attached hydrogen (secondary N) is 1. The van der Waals surface area contributed by atoms with Gasteiger partial charge in [-0.2, -0.15) is 0 Å². The number of rotatable bonds is 5. The van der Waals surface area contributed by atoms with E-state index in [9.17, 15) is 9.18 Å². The Labute approximate surface area is 141 Å². The Morgan fingerprint density at radius 2 is 2.22 bits per heavy atom. The molecule has 1 N–H and O–H groups in total. The van der Waals surface area contributed by atoms with Crippen LogP contribution in [0.15, 0.2) is 35.7 Å². The van der Waals surface area contributed by atoms with Crippen LogP contribution in [-0.4, -0.2) is 13.0 Å². The van der Waals surface area contributed by atoms with Gasteiger partial charge in [-0.1, -0.05) is 13.0 Å². The molecule has 1 unspecified atom stereocenters. The zero-order valence-electron chi connectivity index (χ0n) is 12.8. The van der Waals surface area contributed by atoms with Gasteiger partial charge < -0.3 is 10.1 Å². The standard InChI is InChI=1S/C17H16FNO2S2/c1-3-12(14-5-4-8-22-14)19-17(20)16-15(21-2)11-9-10(18)6-7-13(11)23-16/h4-9,12H,3H2,1-2H3,(H,19,20). The largest absolute Gasteiger partial charge is 0.494 e. The van der Waals surface area contributed by atoms with Gasteiger partial charge in [0.15, 0.2) is 0 Å². The molecule has 0 radical (unpaired) electrons. The van der Waals surface area contributed by atoms with Crippen molar-refractivity contribution in [2.75, 3.05) is 7.11 Å². The van der Waals surface area contributed by atoms with E-state index in [0.29, 0.717) is 16.0 Å². The SMILES string of the molecule is CCC(NC(=O)c1sc2ccc(F)cc2c1OC)c1cccs1. The predicted octanol–water partition coefficient (Wildman–Crippen LogP) is 4.99. The average Bonchev–Trinajstić information content (AvgIpc) is 3.19. The summed E-state index contributed by atoms with van der Waals surface area (Å²) < 4.78 is 19.7. The number of amides is 1. The van der Waals surface area contributed by atoms with Gasteiger partial charge in [0.2, 0.25) is 0 Å². The average molecular weight is 349 g/mol. The van der Waals surface area contributed by atoms with Crippen molar-refractivity contribution in [3.8, 4) is 5.75 Å². The van der Waals surface area contributed by atoms with E-state index in [-0.39, 0.29) is 17.8 Å². The lowest BCUT2D eigenvalue weighted by molar-refractivity contribution is 0.0938.